The van der Waals surface area contributed by atoms with Gasteiger partial charge in [-0.15, -0.1) is 0 Å². The Hall–Kier alpha value is -2.97. The summed E-state index contributed by atoms with van der Waals surface area (Å²) in [7, 11) is 0. The van der Waals surface area contributed by atoms with Crippen molar-refractivity contribution in [2.75, 3.05) is 0 Å². The zero-order valence-corrected chi connectivity index (χ0v) is 13.9. The number of carbonyl (C=O) groups is 2. The van der Waals surface area contributed by atoms with E-state index in [4.69, 9.17) is 0 Å². The molecule has 2 aromatic rings. The van der Waals surface area contributed by atoms with E-state index in [2.05, 4.69) is 10.2 Å². The fraction of sp³-hybridized carbons (Fsp3) is 0.471. The molecule has 0 radical (unpaired) electrons. The van der Waals surface area contributed by atoms with Gasteiger partial charge in [0.1, 0.15) is 6.04 Å². The van der Waals surface area contributed by atoms with E-state index in [0.29, 0.717) is 17.3 Å². The van der Waals surface area contributed by atoms with E-state index in [1.54, 1.807) is 0 Å². The van der Waals surface area contributed by atoms with Crippen LogP contribution in [0.1, 0.15) is 42.6 Å². The number of H-pyrrole nitrogens is 1. The summed E-state index contributed by atoms with van der Waals surface area (Å²) in [6.07, 6.45) is 4.17. The Morgan fingerprint density at radius 1 is 1.31 bits per heavy atom. The first-order valence-corrected chi connectivity index (χ1v) is 8.65. The van der Waals surface area contributed by atoms with Crippen molar-refractivity contribution in [2.24, 2.45) is 5.92 Å². The number of rotatable bonds is 3. The number of nitro benzene ring substituents is 1. The van der Waals surface area contributed by atoms with Crippen LogP contribution >= 0.6 is 0 Å². The van der Waals surface area contributed by atoms with Crippen LogP contribution in [0.3, 0.4) is 0 Å². The number of fused-ring (bicyclic) bond motifs is 2. The molecule has 9 nitrogen and oxygen atoms in total. The third-order valence-electron chi connectivity index (χ3n) is 5.57. The zero-order chi connectivity index (χ0) is 18.4. The number of nitro groups is 1. The highest BCUT2D eigenvalue weighted by atomic mass is 16.6. The molecule has 1 aliphatic carbocycles. The summed E-state index contributed by atoms with van der Waals surface area (Å²) < 4.78 is 0. The van der Waals surface area contributed by atoms with Crippen molar-refractivity contribution in [1.29, 1.82) is 0 Å². The Kier molecular flexibility index (Phi) is 3.86. The van der Waals surface area contributed by atoms with Crippen molar-refractivity contribution in [1.82, 2.24) is 15.1 Å². The molecule has 1 aromatic heterocycles. The second-order valence-corrected chi connectivity index (χ2v) is 6.97. The maximum Gasteiger partial charge on any atom is 0.326 e. The molecule has 136 valence electrons. The number of nitrogens with one attached hydrogen (secondary N) is 1. The minimum atomic E-state index is -1.02. The van der Waals surface area contributed by atoms with Gasteiger partial charge in [-0.05, 0) is 31.2 Å². The predicted molar refractivity (Wildman–Crippen MR) is 90.7 cm³/mol. The van der Waals surface area contributed by atoms with E-state index in [-0.39, 0.29) is 23.3 Å². The van der Waals surface area contributed by atoms with Gasteiger partial charge in [-0.25, -0.2) is 4.79 Å². The van der Waals surface area contributed by atoms with E-state index < -0.39 is 22.8 Å². The molecule has 4 rings (SSSR count). The van der Waals surface area contributed by atoms with Gasteiger partial charge in [-0.2, -0.15) is 5.10 Å². The van der Waals surface area contributed by atoms with E-state index in [0.717, 1.165) is 25.7 Å². The molecule has 3 unspecified atom stereocenters. The van der Waals surface area contributed by atoms with E-state index in [1.807, 2.05) is 0 Å². The molecule has 1 amide bonds. The summed E-state index contributed by atoms with van der Waals surface area (Å²) in [6.45, 7) is 0. The Morgan fingerprint density at radius 3 is 2.81 bits per heavy atom. The fourth-order valence-corrected chi connectivity index (χ4v) is 4.37. The number of aromatic amines is 1. The quantitative estimate of drug-likeness (QED) is 0.640. The normalized spacial score (nSPS) is 25.2. The van der Waals surface area contributed by atoms with Gasteiger partial charge >= 0.3 is 5.97 Å². The first-order valence-electron chi connectivity index (χ1n) is 8.65. The number of carboxylic acids is 1. The van der Waals surface area contributed by atoms with Crippen LogP contribution in [-0.2, 0) is 4.79 Å². The molecule has 9 heteroatoms. The summed E-state index contributed by atoms with van der Waals surface area (Å²) in [4.78, 5) is 36.9. The molecule has 1 saturated carbocycles. The number of amides is 1. The summed E-state index contributed by atoms with van der Waals surface area (Å²) in [6, 6.07) is 3.15. The number of likely N-dealkylation sites (tertiary alicyclic amines) is 1. The molecule has 26 heavy (non-hydrogen) atoms. The Labute approximate surface area is 148 Å². The van der Waals surface area contributed by atoms with Gasteiger partial charge in [0.25, 0.3) is 11.6 Å². The molecule has 2 heterocycles. The molecule has 1 aliphatic heterocycles. The Balaban J connectivity index is 1.76. The van der Waals surface area contributed by atoms with Crippen LogP contribution in [0.15, 0.2) is 18.2 Å². The topological polar surface area (TPSA) is 129 Å². The Morgan fingerprint density at radius 2 is 2.08 bits per heavy atom. The molecule has 2 N–H and O–H groups in total. The number of hydrogen-bond donors (Lipinski definition) is 2. The zero-order valence-electron chi connectivity index (χ0n) is 13.9. The molecular weight excluding hydrogens is 340 g/mol. The van der Waals surface area contributed by atoms with Crippen LogP contribution in [0.25, 0.3) is 10.9 Å². The van der Waals surface area contributed by atoms with Gasteiger partial charge in [0.15, 0.2) is 5.69 Å². The maximum atomic E-state index is 13.2. The van der Waals surface area contributed by atoms with Crippen molar-refractivity contribution in [3.05, 3.63) is 34.0 Å². The average molecular weight is 358 g/mol. The van der Waals surface area contributed by atoms with Gasteiger partial charge in [-0.1, -0.05) is 12.8 Å². The molecule has 1 aromatic carbocycles. The molecule has 0 spiro atoms. The minimum absolute atomic E-state index is 0.0428. The summed E-state index contributed by atoms with van der Waals surface area (Å²) in [5.41, 5.74) is 0.408. The number of aliphatic carboxylic acids is 1. The van der Waals surface area contributed by atoms with E-state index in [1.165, 1.54) is 23.1 Å². The lowest BCUT2D eigenvalue weighted by molar-refractivity contribution is -0.384. The van der Waals surface area contributed by atoms with Crippen LogP contribution in [0.5, 0.6) is 0 Å². The van der Waals surface area contributed by atoms with Gasteiger partial charge in [0.2, 0.25) is 0 Å². The molecule has 2 fully saturated rings. The second-order valence-electron chi connectivity index (χ2n) is 6.97. The average Bonchev–Trinajstić information content (AvgIpc) is 3.22. The third kappa shape index (κ3) is 2.51. The van der Waals surface area contributed by atoms with Crippen LogP contribution in [-0.4, -0.2) is 49.1 Å². The molecule has 1 saturated heterocycles. The summed E-state index contributed by atoms with van der Waals surface area (Å²) in [5, 5.41) is 27.7. The van der Waals surface area contributed by atoms with Crippen molar-refractivity contribution in [2.45, 2.75) is 44.2 Å². The van der Waals surface area contributed by atoms with Crippen molar-refractivity contribution in [3.8, 4) is 0 Å². The smallest absolute Gasteiger partial charge is 0.326 e. The number of nitrogens with zero attached hydrogens (tertiary/aromatic N) is 3. The second kappa shape index (κ2) is 6.08. The largest absolute Gasteiger partial charge is 0.480 e. The van der Waals surface area contributed by atoms with E-state index >= 15 is 0 Å². The minimum Gasteiger partial charge on any atom is -0.480 e. The van der Waals surface area contributed by atoms with Gasteiger partial charge < -0.3 is 10.0 Å². The number of aromatic nitrogens is 2. The first kappa shape index (κ1) is 16.5. The highest BCUT2D eigenvalue weighted by molar-refractivity contribution is 6.06. The maximum absolute atomic E-state index is 13.2. The number of carbonyl (C=O) groups excluding carboxylic acids is 1. The lowest BCUT2D eigenvalue weighted by Gasteiger charge is -2.32. The van der Waals surface area contributed by atoms with Crippen molar-refractivity contribution in [3.63, 3.8) is 0 Å². The SMILES string of the molecule is O=C(O)C1CC2CCCCC2N1C(=O)c1n[nH]c2ccc([N+](=O)[O-])cc12. The van der Waals surface area contributed by atoms with Gasteiger partial charge in [0, 0.05) is 23.6 Å². The monoisotopic (exact) mass is 358 g/mol. The predicted octanol–water partition coefficient (Wildman–Crippen LogP) is 2.33. The van der Waals surface area contributed by atoms with Gasteiger partial charge in [-0.3, -0.25) is 20.0 Å². The summed E-state index contributed by atoms with van der Waals surface area (Å²) >= 11 is 0. The van der Waals surface area contributed by atoms with Gasteiger partial charge in [0.05, 0.1) is 10.4 Å². The molecule has 3 atom stereocenters. The van der Waals surface area contributed by atoms with Crippen molar-refractivity contribution < 1.29 is 19.6 Å². The highest BCUT2D eigenvalue weighted by Crippen LogP contribution is 2.41. The first-order chi connectivity index (χ1) is 12.5. The number of benzene rings is 1. The molecule has 2 aliphatic rings. The summed E-state index contributed by atoms with van der Waals surface area (Å²) in [5.74, 6) is -1.30. The number of non-ortho nitro benzene ring substituents is 1. The number of hydrogen-bond acceptors (Lipinski definition) is 5. The van der Waals surface area contributed by atoms with Crippen LogP contribution in [0, 0.1) is 16.0 Å². The van der Waals surface area contributed by atoms with E-state index in [9.17, 15) is 24.8 Å². The molecule has 0 bridgehead atoms. The highest BCUT2D eigenvalue weighted by Gasteiger charge is 2.48. The fourth-order valence-electron chi connectivity index (χ4n) is 4.37. The lowest BCUT2D eigenvalue weighted by atomic mass is 9.84. The van der Waals surface area contributed by atoms with Crippen molar-refractivity contribution >= 4 is 28.5 Å². The standard InChI is InChI=1S/C17H18N4O5/c22-16(15-11-8-10(21(25)26)5-6-12(11)18-19-15)20-13-4-2-1-3-9(13)7-14(20)17(23)24/h5-6,8-9,13-14H,1-4,7H2,(H,18,19)(H,23,24). The van der Waals surface area contributed by atoms with Crippen LogP contribution < -0.4 is 0 Å². The number of carboxylic acid groups (broad SMARTS) is 1. The Bertz CT molecular complexity index is 908. The third-order valence-corrected chi connectivity index (χ3v) is 5.57. The van der Waals surface area contributed by atoms with Crippen LogP contribution in [0.4, 0.5) is 5.69 Å². The van der Waals surface area contributed by atoms with Crippen LogP contribution in [0.2, 0.25) is 0 Å². The lowest BCUT2D eigenvalue weighted by Crippen LogP contribution is -2.46. The molecular formula is C17H18N4O5.